The summed E-state index contributed by atoms with van der Waals surface area (Å²) in [6.07, 6.45) is 3.13. The topological polar surface area (TPSA) is 96.0 Å². The molecule has 1 heterocycles. The van der Waals surface area contributed by atoms with Crippen LogP contribution in [0, 0.1) is 5.92 Å². The molecule has 1 aliphatic carbocycles. The first kappa shape index (κ1) is 26.8. The van der Waals surface area contributed by atoms with Crippen LogP contribution in [0.5, 0.6) is 0 Å². The second-order valence-electron chi connectivity index (χ2n) is 10.0. The number of morpholine rings is 1. The fourth-order valence-corrected chi connectivity index (χ4v) is 5.85. The van der Waals surface area contributed by atoms with E-state index in [0.717, 1.165) is 17.5 Å². The Morgan fingerprint density at radius 3 is 2.78 bits per heavy atom. The summed E-state index contributed by atoms with van der Waals surface area (Å²) in [5.74, 6) is -0.350. The average Bonchev–Trinajstić information content (AvgIpc) is 3.24. The molecule has 2 aliphatic rings. The molecule has 194 valence electrons. The first-order chi connectivity index (χ1) is 17.3. The van der Waals surface area contributed by atoms with E-state index in [4.69, 9.17) is 22.1 Å². The van der Waals surface area contributed by atoms with Crippen LogP contribution in [-0.2, 0) is 21.6 Å². The number of halogens is 1. The molecule has 0 aromatic heterocycles. The Balaban J connectivity index is 1.70. The number of hydrogen-bond acceptors (Lipinski definition) is 5. The maximum absolute atomic E-state index is 13.3. The van der Waals surface area contributed by atoms with E-state index in [0.29, 0.717) is 49.4 Å². The minimum absolute atomic E-state index is 0.0386. The van der Waals surface area contributed by atoms with Gasteiger partial charge in [0.25, 0.3) is 0 Å². The van der Waals surface area contributed by atoms with Crippen LogP contribution in [0.4, 0.5) is 0 Å². The molecule has 4 rings (SSSR count). The summed E-state index contributed by atoms with van der Waals surface area (Å²) >= 11 is 6.76. The lowest BCUT2D eigenvalue weighted by atomic mass is 9.79. The number of aliphatic hydroxyl groups excluding tert-OH is 1. The van der Waals surface area contributed by atoms with Crippen molar-refractivity contribution in [3.63, 3.8) is 0 Å². The van der Waals surface area contributed by atoms with Crippen LogP contribution in [0.15, 0.2) is 55.1 Å². The van der Waals surface area contributed by atoms with Gasteiger partial charge in [-0.25, -0.2) is 0 Å². The van der Waals surface area contributed by atoms with Crippen molar-refractivity contribution in [1.29, 1.82) is 0 Å². The zero-order valence-electron chi connectivity index (χ0n) is 20.9. The van der Waals surface area contributed by atoms with Crippen LogP contribution in [0.3, 0.4) is 0 Å². The molecule has 0 unspecified atom stereocenters. The number of aryl methyl sites for hydroxylation is 1. The number of carbonyl (C=O) groups is 1. The molecule has 0 radical (unpaired) electrons. The lowest BCUT2D eigenvalue weighted by Gasteiger charge is -2.43. The predicted octanol–water partition coefficient (Wildman–Crippen LogP) is 4.05. The molecule has 7 heteroatoms. The monoisotopic (exact) mass is 512 g/mol. The molecule has 36 heavy (non-hydrogen) atoms. The van der Waals surface area contributed by atoms with Gasteiger partial charge < -0.3 is 25.6 Å². The number of aliphatic hydroxyl groups is 2. The summed E-state index contributed by atoms with van der Waals surface area (Å²) < 4.78 is 6.16. The molecule has 1 aliphatic heterocycles. The smallest absolute Gasteiger partial charge is 0.226 e. The second kappa shape index (κ2) is 11.4. The fraction of sp³-hybridized carbons (Fsp3) is 0.483. The summed E-state index contributed by atoms with van der Waals surface area (Å²) in [7, 11) is 0. The van der Waals surface area contributed by atoms with E-state index in [1.807, 2.05) is 30.3 Å². The van der Waals surface area contributed by atoms with Gasteiger partial charge in [0.05, 0.1) is 19.3 Å². The Morgan fingerprint density at radius 2 is 2.08 bits per heavy atom. The Hall–Kier alpha value is -2.22. The van der Waals surface area contributed by atoms with E-state index in [9.17, 15) is 15.0 Å². The second-order valence-corrected chi connectivity index (χ2v) is 10.4. The van der Waals surface area contributed by atoms with Gasteiger partial charge in [-0.1, -0.05) is 61.0 Å². The summed E-state index contributed by atoms with van der Waals surface area (Å²) in [5, 5.41) is 23.0. The molecular weight excluding hydrogens is 476 g/mol. The number of ether oxygens (including phenoxy) is 1. The number of rotatable bonds is 8. The normalized spacial score (nSPS) is 26.0. The highest BCUT2D eigenvalue weighted by Crippen LogP contribution is 2.43. The van der Waals surface area contributed by atoms with Crippen LogP contribution in [0.1, 0.15) is 43.7 Å². The van der Waals surface area contributed by atoms with E-state index < -0.39 is 17.8 Å². The maximum atomic E-state index is 13.3. The standard InChI is InChI=1S/C29H37ClN2O4/c1-3-5-12-29(35,22-10-7-11-23(30)27(22)20-9-6-8-19(4-2)15-20)26-18-32(13-14-36-26)28(34)21-16-24(31)25(33)17-21/h3,6-11,15,21,24-26,33,35H,1,4-5,12-14,16-18,31H2,2H3/t21-,24+,25-,26+,29-/m0/s1. The number of allylic oxidation sites excluding steroid dienone is 1. The largest absolute Gasteiger partial charge is 0.391 e. The fourth-order valence-electron chi connectivity index (χ4n) is 5.56. The van der Waals surface area contributed by atoms with Crippen molar-refractivity contribution in [2.24, 2.45) is 11.7 Å². The third-order valence-corrected chi connectivity index (χ3v) is 7.99. The van der Waals surface area contributed by atoms with Gasteiger partial charge in [-0.05, 0) is 54.9 Å². The minimum Gasteiger partial charge on any atom is -0.391 e. The van der Waals surface area contributed by atoms with Gasteiger partial charge in [0.1, 0.15) is 11.7 Å². The highest BCUT2D eigenvalue weighted by Gasteiger charge is 2.45. The number of nitrogens with two attached hydrogens (primary N) is 1. The van der Waals surface area contributed by atoms with E-state index in [2.05, 4.69) is 25.6 Å². The lowest BCUT2D eigenvalue weighted by molar-refractivity contribution is -0.167. The third kappa shape index (κ3) is 5.38. The van der Waals surface area contributed by atoms with Gasteiger partial charge in [-0.2, -0.15) is 0 Å². The summed E-state index contributed by atoms with van der Waals surface area (Å²) in [6.45, 7) is 6.96. The molecule has 5 atom stereocenters. The molecule has 1 saturated heterocycles. The Morgan fingerprint density at radius 1 is 1.31 bits per heavy atom. The first-order valence-corrected chi connectivity index (χ1v) is 13.2. The maximum Gasteiger partial charge on any atom is 0.226 e. The van der Waals surface area contributed by atoms with E-state index in [1.54, 1.807) is 11.0 Å². The van der Waals surface area contributed by atoms with Crippen molar-refractivity contribution in [3.8, 4) is 11.1 Å². The Labute approximate surface area is 218 Å². The zero-order chi connectivity index (χ0) is 25.9. The van der Waals surface area contributed by atoms with Crippen LogP contribution in [-0.4, -0.2) is 59.0 Å². The molecule has 0 spiro atoms. The van der Waals surface area contributed by atoms with E-state index >= 15 is 0 Å². The van der Waals surface area contributed by atoms with Crippen molar-refractivity contribution < 1.29 is 19.7 Å². The van der Waals surface area contributed by atoms with Crippen LogP contribution in [0.2, 0.25) is 5.02 Å². The zero-order valence-corrected chi connectivity index (χ0v) is 21.7. The van der Waals surface area contributed by atoms with Crippen molar-refractivity contribution >= 4 is 17.5 Å². The number of carbonyl (C=O) groups excluding carboxylic acids is 1. The van der Waals surface area contributed by atoms with Crippen molar-refractivity contribution in [3.05, 3.63) is 71.3 Å². The van der Waals surface area contributed by atoms with Gasteiger partial charge in [0.2, 0.25) is 5.91 Å². The van der Waals surface area contributed by atoms with Crippen molar-refractivity contribution in [1.82, 2.24) is 4.90 Å². The van der Waals surface area contributed by atoms with Gasteiger partial charge in [-0.3, -0.25) is 4.79 Å². The van der Waals surface area contributed by atoms with E-state index in [1.165, 1.54) is 5.56 Å². The Kier molecular flexibility index (Phi) is 8.53. The number of amides is 1. The molecule has 4 N–H and O–H groups in total. The number of benzene rings is 2. The van der Waals surface area contributed by atoms with Gasteiger partial charge in [-0.15, -0.1) is 6.58 Å². The summed E-state index contributed by atoms with van der Waals surface area (Å²) in [5.41, 5.74) is 8.13. The Bertz CT molecular complexity index is 1080. The predicted molar refractivity (Wildman–Crippen MR) is 143 cm³/mol. The van der Waals surface area contributed by atoms with Crippen LogP contribution < -0.4 is 5.73 Å². The summed E-state index contributed by atoms with van der Waals surface area (Å²) in [6, 6.07) is 13.4. The molecular formula is C29H37ClN2O4. The van der Waals surface area contributed by atoms with Crippen LogP contribution >= 0.6 is 11.6 Å². The highest BCUT2D eigenvalue weighted by molar-refractivity contribution is 6.33. The van der Waals surface area contributed by atoms with Gasteiger partial charge >= 0.3 is 0 Å². The highest BCUT2D eigenvalue weighted by atomic mass is 35.5. The van der Waals surface area contributed by atoms with Crippen molar-refractivity contribution in [2.45, 2.75) is 62.9 Å². The molecule has 6 nitrogen and oxygen atoms in total. The van der Waals surface area contributed by atoms with Crippen molar-refractivity contribution in [2.75, 3.05) is 19.7 Å². The van der Waals surface area contributed by atoms with Crippen LogP contribution in [0.25, 0.3) is 11.1 Å². The third-order valence-electron chi connectivity index (χ3n) is 7.67. The van der Waals surface area contributed by atoms with Gasteiger partial charge in [0.15, 0.2) is 0 Å². The summed E-state index contributed by atoms with van der Waals surface area (Å²) in [4.78, 5) is 15.1. The molecule has 2 fully saturated rings. The molecule has 0 bridgehead atoms. The lowest BCUT2D eigenvalue weighted by Crippen LogP contribution is -2.55. The molecule has 1 amide bonds. The molecule has 2 aromatic rings. The molecule has 1 saturated carbocycles. The minimum atomic E-state index is -1.40. The number of nitrogens with zero attached hydrogens (tertiary/aromatic N) is 1. The SMILES string of the molecule is C=CCC[C@](O)(c1cccc(Cl)c1-c1cccc(CC)c1)[C@H]1CN(C(=O)[C@H]2C[C@@H](N)[C@@H](O)C2)CCO1. The van der Waals surface area contributed by atoms with Gasteiger partial charge in [0, 0.05) is 29.1 Å². The van der Waals surface area contributed by atoms with E-state index in [-0.39, 0.29) is 24.4 Å². The number of hydrogen-bond donors (Lipinski definition) is 3. The first-order valence-electron chi connectivity index (χ1n) is 12.8. The quantitative estimate of drug-likeness (QED) is 0.464. The molecule has 2 aromatic carbocycles. The average molecular weight is 513 g/mol.